The van der Waals surface area contributed by atoms with Gasteiger partial charge in [0, 0.05) is 6.07 Å². The predicted molar refractivity (Wildman–Crippen MR) is 58.7 cm³/mol. The second-order valence-electron chi connectivity index (χ2n) is 3.81. The lowest BCUT2D eigenvalue weighted by atomic mass is 10.1. The van der Waals surface area contributed by atoms with E-state index in [0.717, 1.165) is 25.1 Å². The number of carbonyl (C=O) groups excluding carboxylic acids is 1. The minimum Gasteiger partial charge on any atom is -0.495 e. The van der Waals surface area contributed by atoms with Crippen molar-refractivity contribution >= 4 is 5.97 Å². The maximum atomic E-state index is 11.4. The Morgan fingerprint density at radius 3 is 2.88 bits per heavy atom. The number of nitrogens with one attached hydrogen (secondary N) is 2. The molecule has 1 atom stereocenters. The molecule has 2 heterocycles. The van der Waals surface area contributed by atoms with Crippen LogP contribution in [-0.4, -0.2) is 31.7 Å². The van der Waals surface area contributed by atoms with Gasteiger partial charge < -0.3 is 19.8 Å². The van der Waals surface area contributed by atoms with Crippen molar-refractivity contribution in [2.45, 2.75) is 18.9 Å². The van der Waals surface area contributed by atoms with Crippen LogP contribution >= 0.6 is 0 Å². The van der Waals surface area contributed by atoms with Crippen LogP contribution in [0.3, 0.4) is 0 Å². The van der Waals surface area contributed by atoms with Crippen LogP contribution in [0.4, 0.5) is 0 Å². The molecule has 1 aliphatic rings. The molecule has 5 nitrogen and oxygen atoms in total. The third-order valence-electron chi connectivity index (χ3n) is 2.84. The zero-order valence-electron chi connectivity index (χ0n) is 9.50. The van der Waals surface area contributed by atoms with E-state index in [4.69, 9.17) is 4.74 Å². The van der Waals surface area contributed by atoms with Crippen LogP contribution in [-0.2, 0) is 4.74 Å². The summed E-state index contributed by atoms with van der Waals surface area (Å²) in [7, 11) is 2.96. The van der Waals surface area contributed by atoms with E-state index in [0.29, 0.717) is 11.4 Å². The van der Waals surface area contributed by atoms with Crippen molar-refractivity contribution in [3.05, 3.63) is 17.5 Å². The van der Waals surface area contributed by atoms with Crippen molar-refractivity contribution < 1.29 is 14.3 Å². The van der Waals surface area contributed by atoms with E-state index >= 15 is 0 Å². The number of carbonyl (C=O) groups is 1. The molecule has 0 amide bonds. The Morgan fingerprint density at radius 1 is 1.50 bits per heavy atom. The lowest BCUT2D eigenvalue weighted by molar-refractivity contribution is 0.0594. The maximum Gasteiger partial charge on any atom is 0.354 e. The minimum atomic E-state index is -0.373. The summed E-state index contributed by atoms with van der Waals surface area (Å²) in [6.07, 6.45) is 2.19. The number of H-pyrrole nitrogens is 1. The molecular weight excluding hydrogens is 208 g/mol. The van der Waals surface area contributed by atoms with Crippen LogP contribution in [0.2, 0.25) is 0 Å². The summed E-state index contributed by atoms with van der Waals surface area (Å²) >= 11 is 0. The van der Waals surface area contributed by atoms with Gasteiger partial charge in [-0.1, -0.05) is 0 Å². The van der Waals surface area contributed by atoms with Gasteiger partial charge >= 0.3 is 5.97 Å². The smallest absolute Gasteiger partial charge is 0.354 e. The van der Waals surface area contributed by atoms with Crippen LogP contribution in [0.25, 0.3) is 0 Å². The first-order valence-electron chi connectivity index (χ1n) is 5.35. The molecule has 0 radical (unpaired) electrons. The summed E-state index contributed by atoms with van der Waals surface area (Å²) in [5.41, 5.74) is 1.36. The van der Waals surface area contributed by atoms with Crippen molar-refractivity contribution in [2.24, 2.45) is 0 Å². The van der Waals surface area contributed by atoms with E-state index in [9.17, 15) is 4.79 Å². The molecule has 0 aromatic carbocycles. The first kappa shape index (κ1) is 11.0. The number of esters is 1. The monoisotopic (exact) mass is 224 g/mol. The normalized spacial score (nSPS) is 19.8. The molecule has 0 spiro atoms. The second kappa shape index (κ2) is 4.57. The molecule has 1 saturated heterocycles. The average molecular weight is 224 g/mol. The SMILES string of the molecule is COC(=O)c1cc(OC)c(C2CCCN2)[nH]1. The summed E-state index contributed by atoms with van der Waals surface area (Å²) in [4.78, 5) is 14.4. The van der Waals surface area contributed by atoms with Crippen molar-refractivity contribution in [1.29, 1.82) is 0 Å². The van der Waals surface area contributed by atoms with E-state index in [-0.39, 0.29) is 12.0 Å². The molecule has 2 rings (SSSR count). The molecular formula is C11H16N2O3. The quantitative estimate of drug-likeness (QED) is 0.758. The van der Waals surface area contributed by atoms with Gasteiger partial charge in [-0.3, -0.25) is 0 Å². The van der Waals surface area contributed by atoms with E-state index in [1.807, 2.05) is 0 Å². The largest absolute Gasteiger partial charge is 0.495 e. The number of hydrogen-bond acceptors (Lipinski definition) is 4. The molecule has 1 aliphatic heterocycles. The molecule has 1 unspecified atom stereocenters. The maximum absolute atomic E-state index is 11.4. The lowest BCUT2D eigenvalue weighted by Crippen LogP contribution is -2.14. The molecule has 0 saturated carbocycles. The third-order valence-corrected chi connectivity index (χ3v) is 2.84. The summed E-state index contributed by atoms with van der Waals surface area (Å²) in [6.45, 7) is 1.00. The number of aromatic amines is 1. The van der Waals surface area contributed by atoms with Crippen LogP contribution in [0.1, 0.15) is 35.1 Å². The number of methoxy groups -OCH3 is 2. The fourth-order valence-corrected chi connectivity index (χ4v) is 2.03. The Hall–Kier alpha value is -1.49. The standard InChI is InChI=1S/C11H16N2O3/c1-15-9-6-8(11(14)16-2)13-10(9)7-4-3-5-12-7/h6-7,12-13H,3-5H2,1-2H3. The van der Waals surface area contributed by atoms with Gasteiger partial charge in [0.1, 0.15) is 11.4 Å². The molecule has 0 bridgehead atoms. The molecule has 2 N–H and O–H groups in total. The van der Waals surface area contributed by atoms with Crippen molar-refractivity contribution in [3.8, 4) is 5.75 Å². The van der Waals surface area contributed by atoms with Gasteiger partial charge in [-0.25, -0.2) is 4.79 Å². The van der Waals surface area contributed by atoms with Crippen molar-refractivity contribution in [1.82, 2.24) is 10.3 Å². The van der Waals surface area contributed by atoms with Crippen molar-refractivity contribution in [3.63, 3.8) is 0 Å². The van der Waals surface area contributed by atoms with E-state index in [2.05, 4.69) is 15.0 Å². The molecule has 5 heteroatoms. The van der Waals surface area contributed by atoms with Crippen molar-refractivity contribution in [2.75, 3.05) is 20.8 Å². The fourth-order valence-electron chi connectivity index (χ4n) is 2.03. The Kier molecular flexibility index (Phi) is 3.14. The highest BCUT2D eigenvalue weighted by Crippen LogP contribution is 2.31. The molecule has 0 aliphatic carbocycles. The molecule has 88 valence electrons. The Labute approximate surface area is 94.1 Å². The molecule has 16 heavy (non-hydrogen) atoms. The zero-order valence-corrected chi connectivity index (χ0v) is 9.50. The highest BCUT2D eigenvalue weighted by molar-refractivity contribution is 5.88. The summed E-state index contributed by atoms with van der Waals surface area (Å²) < 4.78 is 9.92. The highest BCUT2D eigenvalue weighted by Gasteiger charge is 2.24. The van der Waals surface area contributed by atoms with E-state index < -0.39 is 0 Å². The fraction of sp³-hybridized carbons (Fsp3) is 0.545. The highest BCUT2D eigenvalue weighted by atomic mass is 16.5. The van der Waals surface area contributed by atoms with Gasteiger partial charge in [-0.15, -0.1) is 0 Å². The van der Waals surface area contributed by atoms with Gasteiger partial charge in [0.05, 0.1) is 26.0 Å². The number of ether oxygens (including phenoxy) is 2. The molecule has 1 fully saturated rings. The predicted octanol–water partition coefficient (Wildman–Crippen LogP) is 1.23. The van der Waals surface area contributed by atoms with Crippen LogP contribution in [0.5, 0.6) is 5.75 Å². The third kappa shape index (κ3) is 1.90. The first-order valence-corrected chi connectivity index (χ1v) is 5.35. The van der Waals surface area contributed by atoms with Crippen LogP contribution in [0.15, 0.2) is 6.07 Å². The van der Waals surface area contributed by atoms with Gasteiger partial charge in [0.15, 0.2) is 0 Å². The second-order valence-corrected chi connectivity index (χ2v) is 3.81. The van der Waals surface area contributed by atoms with Crippen LogP contribution in [0, 0.1) is 0 Å². The Morgan fingerprint density at radius 2 is 2.31 bits per heavy atom. The summed E-state index contributed by atoms with van der Waals surface area (Å²) in [5.74, 6) is 0.336. The van der Waals surface area contributed by atoms with Gasteiger partial charge in [-0.2, -0.15) is 0 Å². The lowest BCUT2D eigenvalue weighted by Gasteiger charge is -2.10. The van der Waals surface area contributed by atoms with Gasteiger partial charge in [0.2, 0.25) is 0 Å². The van der Waals surface area contributed by atoms with E-state index in [1.165, 1.54) is 7.11 Å². The summed E-state index contributed by atoms with van der Waals surface area (Å²) in [6, 6.07) is 1.93. The van der Waals surface area contributed by atoms with E-state index in [1.54, 1.807) is 13.2 Å². The number of aromatic nitrogens is 1. The summed E-state index contributed by atoms with van der Waals surface area (Å²) in [5, 5.41) is 3.35. The molecule has 1 aromatic heterocycles. The number of hydrogen-bond donors (Lipinski definition) is 2. The Balaban J connectivity index is 2.28. The molecule has 1 aromatic rings. The van der Waals surface area contributed by atoms with Crippen LogP contribution < -0.4 is 10.1 Å². The number of rotatable bonds is 3. The van der Waals surface area contributed by atoms with Gasteiger partial charge in [-0.05, 0) is 19.4 Å². The zero-order chi connectivity index (χ0) is 11.5. The Bertz CT molecular complexity index is 381. The average Bonchev–Trinajstić information content (AvgIpc) is 2.95. The minimum absolute atomic E-state index is 0.244. The first-order chi connectivity index (χ1) is 7.76. The topological polar surface area (TPSA) is 63.4 Å². The van der Waals surface area contributed by atoms with Gasteiger partial charge in [0.25, 0.3) is 0 Å².